The number of hydrogen-bond acceptors (Lipinski definition) is 6. The zero-order chi connectivity index (χ0) is 19.8. The number of methoxy groups -OCH3 is 1. The number of ether oxygens (including phenoxy) is 2. The Bertz CT molecular complexity index is 738. The van der Waals surface area contributed by atoms with Gasteiger partial charge in [-0.15, -0.1) is 10.2 Å². The van der Waals surface area contributed by atoms with E-state index in [4.69, 9.17) is 13.9 Å². The number of likely N-dealkylation sites (N-methyl/N-ethyl adjacent to an activating group) is 1. The molecule has 152 valence electrons. The summed E-state index contributed by atoms with van der Waals surface area (Å²) in [6.07, 6.45) is 4.62. The lowest BCUT2D eigenvalue weighted by molar-refractivity contribution is -0.132. The van der Waals surface area contributed by atoms with Gasteiger partial charge in [0.1, 0.15) is 5.75 Å². The van der Waals surface area contributed by atoms with E-state index in [9.17, 15) is 4.79 Å². The van der Waals surface area contributed by atoms with Gasteiger partial charge in [0.2, 0.25) is 17.7 Å². The molecule has 3 rings (SSSR count). The van der Waals surface area contributed by atoms with Gasteiger partial charge in [-0.05, 0) is 43.9 Å². The molecule has 1 aromatic carbocycles. The molecule has 1 saturated heterocycles. The highest BCUT2D eigenvalue weighted by atomic mass is 16.5. The van der Waals surface area contributed by atoms with E-state index in [1.165, 1.54) is 5.56 Å². The van der Waals surface area contributed by atoms with E-state index in [2.05, 4.69) is 10.2 Å². The SMILES string of the molecule is CCN(C[C@@H]1CCCO1)C(=O)CCc1nnc(CCc2ccc(OC)cc2)o1. The van der Waals surface area contributed by atoms with Crippen LogP contribution in [0.3, 0.4) is 0 Å². The van der Waals surface area contributed by atoms with Crippen LogP contribution in [0, 0.1) is 0 Å². The van der Waals surface area contributed by atoms with Crippen molar-refractivity contribution in [3.63, 3.8) is 0 Å². The van der Waals surface area contributed by atoms with Crippen molar-refractivity contribution >= 4 is 5.91 Å². The Hall–Kier alpha value is -2.41. The number of hydrogen-bond donors (Lipinski definition) is 0. The van der Waals surface area contributed by atoms with Crippen LogP contribution in [0.2, 0.25) is 0 Å². The summed E-state index contributed by atoms with van der Waals surface area (Å²) < 4.78 is 16.5. The highest BCUT2D eigenvalue weighted by Crippen LogP contribution is 2.15. The highest BCUT2D eigenvalue weighted by molar-refractivity contribution is 5.76. The number of carbonyl (C=O) groups excluding carboxylic acids is 1. The lowest BCUT2D eigenvalue weighted by Crippen LogP contribution is -2.37. The third-order valence-corrected chi connectivity index (χ3v) is 5.03. The van der Waals surface area contributed by atoms with Gasteiger partial charge < -0.3 is 18.8 Å². The lowest BCUT2D eigenvalue weighted by Gasteiger charge is -2.23. The number of rotatable bonds is 10. The molecule has 0 saturated carbocycles. The molecular weight excluding hydrogens is 358 g/mol. The minimum Gasteiger partial charge on any atom is -0.497 e. The van der Waals surface area contributed by atoms with Gasteiger partial charge in [0.05, 0.1) is 13.2 Å². The lowest BCUT2D eigenvalue weighted by atomic mass is 10.1. The third kappa shape index (κ3) is 5.79. The van der Waals surface area contributed by atoms with Gasteiger partial charge in [0.25, 0.3) is 0 Å². The van der Waals surface area contributed by atoms with Crippen molar-refractivity contribution in [2.45, 2.75) is 51.6 Å². The fraction of sp³-hybridized carbons (Fsp3) is 0.571. The molecule has 0 bridgehead atoms. The number of carbonyl (C=O) groups is 1. The second-order valence-electron chi connectivity index (χ2n) is 7.01. The zero-order valence-electron chi connectivity index (χ0n) is 16.7. The largest absolute Gasteiger partial charge is 0.497 e. The molecule has 1 fully saturated rings. The van der Waals surface area contributed by atoms with E-state index in [-0.39, 0.29) is 12.0 Å². The maximum absolute atomic E-state index is 12.5. The fourth-order valence-corrected chi connectivity index (χ4v) is 3.35. The second-order valence-corrected chi connectivity index (χ2v) is 7.01. The van der Waals surface area contributed by atoms with Crippen molar-refractivity contribution in [3.8, 4) is 5.75 Å². The van der Waals surface area contributed by atoms with E-state index in [0.717, 1.165) is 31.6 Å². The standard InChI is InChI=1S/C21H29N3O4/c1-3-24(15-18-5-4-14-27-18)21(25)13-12-20-23-22-19(28-20)11-8-16-6-9-17(26-2)10-7-16/h6-7,9-10,18H,3-5,8,11-15H2,1-2H3/t18-/m0/s1. The monoisotopic (exact) mass is 387 g/mol. The summed E-state index contributed by atoms with van der Waals surface area (Å²) in [5.41, 5.74) is 1.18. The van der Waals surface area contributed by atoms with Crippen LogP contribution in [0.25, 0.3) is 0 Å². The molecular formula is C21H29N3O4. The van der Waals surface area contributed by atoms with Crippen LogP contribution >= 0.6 is 0 Å². The van der Waals surface area contributed by atoms with Crippen LogP contribution in [0.4, 0.5) is 0 Å². The normalized spacial score (nSPS) is 16.3. The summed E-state index contributed by atoms with van der Waals surface area (Å²) in [6, 6.07) is 7.94. The summed E-state index contributed by atoms with van der Waals surface area (Å²) >= 11 is 0. The number of aromatic nitrogens is 2. The van der Waals surface area contributed by atoms with Crippen molar-refractivity contribution in [3.05, 3.63) is 41.6 Å². The predicted molar refractivity (Wildman–Crippen MR) is 104 cm³/mol. The topological polar surface area (TPSA) is 77.7 Å². The molecule has 2 heterocycles. The summed E-state index contributed by atoms with van der Waals surface area (Å²) in [6.45, 7) is 4.16. The van der Waals surface area contributed by atoms with Crippen LogP contribution in [0.5, 0.6) is 5.75 Å². The fourth-order valence-electron chi connectivity index (χ4n) is 3.35. The van der Waals surface area contributed by atoms with E-state index >= 15 is 0 Å². The molecule has 7 heteroatoms. The number of nitrogens with zero attached hydrogens (tertiary/aromatic N) is 3. The summed E-state index contributed by atoms with van der Waals surface area (Å²) in [5, 5.41) is 8.19. The number of aryl methyl sites for hydroxylation is 3. The van der Waals surface area contributed by atoms with E-state index in [1.807, 2.05) is 36.1 Å². The summed E-state index contributed by atoms with van der Waals surface area (Å²) in [7, 11) is 1.65. The Morgan fingerprint density at radius 2 is 1.93 bits per heavy atom. The predicted octanol–water partition coefficient (Wildman–Crippen LogP) is 2.82. The molecule has 0 spiro atoms. The quantitative estimate of drug-likeness (QED) is 0.624. The van der Waals surface area contributed by atoms with E-state index < -0.39 is 0 Å². The van der Waals surface area contributed by atoms with Gasteiger partial charge in [-0.25, -0.2) is 0 Å². The third-order valence-electron chi connectivity index (χ3n) is 5.03. The smallest absolute Gasteiger partial charge is 0.223 e. The Morgan fingerprint density at radius 1 is 1.18 bits per heavy atom. The Labute approximate surface area is 166 Å². The molecule has 0 unspecified atom stereocenters. The van der Waals surface area contributed by atoms with Crippen molar-refractivity contribution < 1.29 is 18.7 Å². The first-order valence-corrected chi connectivity index (χ1v) is 10.0. The minimum absolute atomic E-state index is 0.107. The number of amides is 1. The molecule has 1 aromatic heterocycles. The molecule has 2 aromatic rings. The first-order chi connectivity index (χ1) is 13.7. The van der Waals surface area contributed by atoms with Gasteiger partial charge in [0, 0.05) is 39.0 Å². The minimum atomic E-state index is 0.107. The molecule has 1 amide bonds. The van der Waals surface area contributed by atoms with Crippen LogP contribution < -0.4 is 4.74 Å². The Morgan fingerprint density at radius 3 is 2.57 bits per heavy atom. The van der Waals surface area contributed by atoms with Crippen LogP contribution in [0.1, 0.15) is 43.5 Å². The summed E-state index contributed by atoms with van der Waals surface area (Å²) in [5.74, 6) is 2.07. The van der Waals surface area contributed by atoms with Crippen molar-refractivity contribution in [2.24, 2.45) is 0 Å². The Balaban J connectivity index is 1.43. The first kappa shape index (κ1) is 20.3. The van der Waals surface area contributed by atoms with Gasteiger partial charge in [-0.1, -0.05) is 12.1 Å². The van der Waals surface area contributed by atoms with Crippen molar-refractivity contribution in [1.82, 2.24) is 15.1 Å². The average Bonchev–Trinajstić information content (AvgIpc) is 3.41. The van der Waals surface area contributed by atoms with E-state index in [1.54, 1.807) is 7.11 Å². The van der Waals surface area contributed by atoms with E-state index in [0.29, 0.717) is 44.1 Å². The summed E-state index contributed by atoms with van der Waals surface area (Å²) in [4.78, 5) is 14.3. The van der Waals surface area contributed by atoms with Gasteiger partial charge in [-0.3, -0.25) is 4.79 Å². The average molecular weight is 387 g/mol. The highest BCUT2D eigenvalue weighted by Gasteiger charge is 2.21. The van der Waals surface area contributed by atoms with Crippen LogP contribution in [0.15, 0.2) is 28.7 Å². The molecule has 0 radical (unpaired) electrons. The van der Waals surface area contributed by atoms with Gasteiger partial charge in [-0.2, -0.15) is 0 Å². The first-order valence-electron chi connectivity index (χ1n) is 10.0. The maximum atomic E-state index is 12.5. The molecule has 0 aliphatic carbocycles. The van der Waals surface area contributed by atoms with Crippen LogP contribution in [-0.4, -0.2) is 53.9 Å². The van der Waals surface area contributed by atoms with Crippen LogP contribution in [-0.2, 0) is 28.8 Å². The van der Waals surface area contributed by atoms with Crippen molar-refractivity contribution in [1.29, 1.82) is 0 Å². The van der Waals surface area contributed by atoms with Gasteiger partial charge in [0.15, 0.2) is 0 Å². The molecule has 1 aliphatic rings. The maximum Gasteiger partial charge on any atom is 0.223 e. The number of benzene rings is 1. The molecule has 1 atom stereocenters. The molecule has 0 N–H and O–H groups in total. The zero-order valence-corrected chi connectivity index (χ0v) is 16.7. The molecule has 1 aliphatic heterocycles. The molecule has 28 heavy (non-hydrogen) atoms. The van der Waals surface area contributed by atoms with Crippen molar-refractivity contribution in [2.75, 3.05) is 26.8 Å². The molecule has 7 nitrogen and oxygen atoms in total. The van der Waals surface area contributed by atoms with Gasteiger partial charge >= 0.3 is 0 Å². The Kier molecular flexibility index (Phi) is 7.42. The second kappa shape index (κ2) is 10.2.